The third kappa shape index (κ3) is 2.92. The molecule has 1 unspecified atom stereocenters. The largest absolute Gasteiger partial charge is 0.325 e. The molecule has 0 saturated heterocycles. The van der Waals surface area contributed by atoms with E-state index in [4.69, 9.17) is 0 Å². The van der Waals surface area contributed by atoms with Crippen LogP contribution in [-0.2, 0) is 16.0 Å². The number of nitrogens with one attached hydrogen (secondary N) is 2. The highest BCUT2D eigenvalue weighted by molar-refractivity contribution is 6.04. The maximum absolute atomic E-state index is 12.5. The van der Waals surface area contributed by atoms with E-state index in [9.17, 15) is 9.59 Å². The number of benzene rings is 2. The molecule has 1 aromatic heterocycles. The molecule has 0 fully saturated rings. The smallest absolute Gasteiger partial charge is 0.252 e. The number of aromatic nitrogens is 3. The summed E-state index contributed by atoms with van der Waals surface area (Å²) in [4.78, 5) is 29.0. The summed E-state index contributed by atoms with van der Waals surface area (Å²) in [6.45, 7) is 2.04. The fourth-order valence-corrected chi connectivity index (χ4v) is 3.19. The molecule has 3 aromatic rings. The summed E-state index contributed by atoms with van der Waals surface area (Å²) < 4.78 is 1.52. The van der Waals surface area contributed by atoms with Crippen molar-refractivity contribution in [1.29, 1.82) is 0 Å². The van der Waals surface area contributed by atoms with E-state index in [1.54, 1.807) is 0 Å². The van der Waals surface area contributed by atoms with Crippen LogP contribution in [0.4, 0.5) is 11.6 Å². The molecular weight excluding hydrogens is 330 g/mol. The molecule has 26 heavy (non-hydrogen) atoms. The van der Waals surface area contributed by atoms with Crippen molar-refractivity contribution in [3.63, 3.8) is 0 Å². The third-order valence-electron chi connectivity index (χ3n) is 4.42. The lowest BCUT2D eigenvalue weighted by Crippen LogP contribution is -2.24. The SMILES string of the molecule is CCCc1nc2n(n1)C(CC(=O)Nc1cccc3ccccc13)C(=O)N2. The zero-order chi connectivity index (χ0) is 18.1. The minimum atomic E-state index is -0.668. The van der Waals surface area contributed by atoms with Gasteiger partial charge in [-0.15, -0.1) is 0 Å². The average molecular weight is 349 g/mol. The first-order valence-corrected chi connectivity index (χ1v) is 8.69. The van der Waals surface area contributed by atoms with E-state index in [-0.39, 0.29) is 18.2 Å². The Bertz CT molecular complexity index is 989. The fraction of sp³-hybridized carbons (Fsp3) is 0.263. The molecule has 7 heteroatoms. The second-order valence-electron chi connectivity index (χ2n) is 6.33. The van der Waals surface area contributed by atoms with E-state index in [0.29, 0.717) is 11.8 Å². The van der Waals surface area contributed by atoms with Crippen LogP contribution in [-0.4, -0.2) is 26.6 Å². The van der Waals surface area contributed by atoms with Gasteiger partial charge in [-0.2, -0.15) is 10.1 Å². The summed E-state index contributed by atoms with van der Waals surface area (Å²) in [6.07, 6.45) is 1.67. The Hall–Kier alpha value is -3.22. The van der Waals surface area contributed by atoms with Gasteiger partial charge in [0, 0.05) is 17.5 Å². The van der Waals surface area contributed by atoms with Gasteiger partial charge in [0.25, 0.3) is 5.91 Å². The van der Waals surface area contributed by atoms with E-state index in [2.05, 4.69) is 20.7 Å². The highest BCUT2D eigenvalue weighted by Gasteiger charge is 2.34. The molecular formula is C19H19N5O2. The van der Waals surface area contributed by atoms with Gasteiger partial charge in [-0.25, -0.2) is 4.68 Å². The standard InChI is InChI=1S/C19H19N5O2/c1-2-6-16-21-19-22-18(26)15(24(19)23-16)11-17(25)20-14-10-5-8-12-7-3-4-9-13(12)14/h3-5,7-10,15H,2,6,11H2,1H3,(H,20,25)(H,21,22,23,26). The molecule has 0 radical (unpaired) electrons. The van der Waals surface area contributed by atoms with Crippen LogP contribution < -0.4 is 10.6 Å². The second kappa shape index (κ2) is 6.59. The van der Waals surface area contributed by atoms with E-state index in [1.807, 2.05) is 49.4 Å². The zero-order valence-corrected chi connectivity index (χ0v) is 14.4. The molecule has 0 bridgehead atoms. The summed E-state index contributed by atoms with van der Waals surface area (Å²) in [5.41, 5.74) is 0.733. The molecule has 0 aliphatic carbocycles. The van der Waals surface area contributed by atoms with Crippen LogP contribution in [0.25, 0.3) is 10.8 Å². The Kier molecular flexibility index (Phi) is 4.12. The quantitative estimate of drug-likeness (QED) is 0.741. The van der Waals surface area contributed by atoms with E-state index in [1.165, 1.54) is 4.68 Å². The lowest BCUT2D eigenvalue weighted by Gasteiger charge is -2.11. The summed E-state index contributed by atoms with van der Waals surface area (Å²) >= 11 is 0. The fourth-order valence-electron chi connectivity index (χ4n) is 3.19. The Morgan fingerprint density at radius 1 is 1.23 bits per heavy atom. The van der Waals surface area contributed by atoms with Gasteiger partial charge in [0.15, 0.2) is 5.82 Å². The van der Waals surface area contributed by atoms with Gasteiger partial charge in [-0.3, -0.25) is 14.9 Å². The second-order valence-corrected chi connectivity index (χ2v) is 6.33. The van der Waals surface area contributed by atoms with Gasteiger partial charge in [-0.05, 0) is 17.9 Å². The molecule has 4 rings (SSSR count). The highest BCUT2D eigenvalue weighted by atomic mass is 16.2. The van der Waals surface area contributed by atoms with Crippen LogP contribution >= 0.6 is 0 Å². The lowest BCUT2D eigenvalue weighted by molar-refractivity contribution is -0.123. The molecule has 2 amide bonds. The average Bonchev–Trinajstić information content (AvgIpc) is 3.14. The maximum Gasteiger partial charge on any atom is 0.252 e. The van der Waals surface area contributed by atoms with Gasteiger partial charge >= 0.3 is 0 Å². The Balaban J connectivity index is 1.52. The molecule has 2 heterocycles. The number of carbonyl (C=O) groups excluding carboxylic acids is 2. The number of rotatable bonds is 5. The van der Waals surface area contributed by atoms with Gasteiger partial charge in [0.2, 0.25) is 11.9 Å². The molecule has 1 aliphatic heterocycles. The summed E-state index contributed by atoms with van der Waals surface area (Å²) in [7, 11) is 0. The Labute approximate surface area is 150 Å². The van der Waals surface area contributed by atoms with Crippen LogP contribution in [0.15, 0.2) is 42.5 Å². The molecule has 0 spiro atoms. The minimum Gasteiger partial charge on any atom is -0.325 e. The predicted molar refractivity (Wildman–Crippen MR) is 98.9 cm³/mol. The first-order valence-electron chi connectivity index (χ1n) is 8.69. The van der Waals surface area contributed by atoms with Gasteiger partial charge in [-0.1, -0.05) is 43.3 Å². The van der Waals surface area contributed by atoms with Crippen molar-refractivity contribution in [3.05, 3.63) is 48.3 Å². The number of aryl methyl sites for hydroxylation is 1. The third-order valence-corrected chi connectivity index (χ3v) is 4.42. The van der Waals surface area contributed by atoms with Crippen LogP contribution in [0.3, 0.4) is 0 Å². The van der Waals surface area contributed by atoms with Crippen molar-refractivity contribution in [2.75, 3.05) is 10.6 Å². The van der Waals surface area contributed by atoms with Crippen molar-refractivity contribution in [1.82, 2.24) is 14.8 Å². The molecule has 2 aromatic carbocycles. The summed E-state index contributed by atoms with van der Waals surface area (Å²) in [5, 5.41) is 12.0. The van der Waals surface area contributed by atoms with Gasteiger partial charge in [0.1, 0.15) is 6.04 Å². The number of hydrogen-bond donors (Lipinski definition) is 2. The van der Waals surface area contributed by atoms with Crippen LogP contribution in [0.2, 0.25) is 0 Å². The summed E-state index contributed by atoms with van der Waals surface area (Å²) in [6, 6.07) is 12.9. The molecule has 132 valence electrons. The van der Waals surface area contributed by atoms with Gasteiger partial charge in [0.05, 0.1) is 6.42 Å². The van der Waals surface area contributed by atoms with E-state index >= 15 is 0 Å². The number of carbonyl (C=O) groups is 2. The molecule has 1 atom stereocenters. The first kappa shape index (κ1) is 16.3. The minimum absolute atomic E-state index is 0.0109. The highest BCUT2D eigenvalue weighted by Crippen LogP contribution is 2.27. The topological polar surface area (TPSA) is 88.9 Å². The van der Waals surface area contributed by atoms with Crippen molar-refractivity contribution in [2.45, 2.75) is 32.2 Å². The first-order chi connectivity index (χ1) is 12.7. The van der Waals surface area contributed by atoms with E-state index in [0.717, 1.165) is 29.3 Å². The number of amides is 2. The lowest BCUT2D eigenvalue weighted by atomic mass is 10.1. The summed E-state index contributed by atoms with van der Waals surface area (Å²) in [5.74, 6) is 0.612. The number of hydrogen-bond acceptors (Lipinski definition) is 4. The molecule has 0 saturated carbocycles. The number of nitrogens with zero attached hydrogens (tertiary/aromatic N) is 3. The predicted octanol–water partition coefficient (Wildman–Crippen LogP) is 2.91. The van der Waals surface area contributed by atoms with Crippen LogP contribution in [0.1, 0.15) is 31.6 Å². The van der Waals surface area contributed by atoms with Crippen molar-refractivity contribution >= 4 is 34.2 Å². The van der Waals surface area contributed by atoms with Crippen molar-refractivity contribution < 1.29 is 9.59 Å². The van der Waals surface area contributed by atoms with Gasteiger partial charge < -0.3 is 5.32 Å². The molecule has 7 nitrogen and oxygen atoms in total. The number of anilines is 2. The molecule has 2 N–H and O–H groups in total. The van der Waals surface area contributed by atoms with Crippen LogP contribution in [0, 0.1) is 0 Å². The van der Waals surface area contributed by atoms with E-state index < -0.39 is 6.04 Å². The van der Waals surface area contributed by atoms with Crippen molar-refractivity contribution in [2.24, 2.45) is 0 Å². The zero-order valence-electron chi connectivity index (χ0n) is 14.4. The number of fused-ring (bicyclic) bond motifs is 2. The maximum atomic E-state index is 12.5. The molecule has 1 aliphatic rings. The van der Waals surface area contributed by atoms with Crippen LogP contribution in [0.5, 0.6) is 0 Å². The van der Waals surface area contributed by atoms with Crippen molar-refractivity contribution in [3.8, 4) is 0 Å². The normalized spacial score (nSPS) is 15.7. The Morgan fingerprint density at radius 3 is 2.88 bits per heavy atom. The Morgan fingerprint density at radius 2 is 2.04 bits per heavy atom. The monoisotopic (exact) mass is 349 g/mol.